The first-order chi connectivity index (χ1) is 11.5. The summed E-state index contributed by atoms with van der Waals surface area (Å²) in [6, 6.07) is 5.21. The number of hydrogen-bond donors (Lipinski definition) is 2. The van der Waals surface area contributed by atoms with Crippen LogP contribution in [0.5, 0.6) is 0 Å². The number of halogens is 7. The van der Waals surface area contributed by atoms with Crippen molar-refractivity contribution in [1.82, 2.24) is 0 Å². The van der Waals surface area contributed by atoms with Gasteiger partial charge in [-0.05, 0) is 30.3 Å². The Balaban J connectivity index is 2.22. The highest BCUT2D eigenvalue weighted by Gasteiger charge is 2.34. The van der Waals surface area contributed by atoms with Crippen molar-refractivity contribution in [2.24, 2.45) is 0 Å². The minimum atomic E-state index is -4.71. The smallest absolute Gasteiger partial charge is 0.307 e. The maximum atomic E-state index is 12.9. The van der Waals surface area contributed by atoms with Gasteiger partial charge in [-0.2, -0.15) is 26.3 Å². The lowest BCUT2D eigenvalue weighted by Crippen LogP contribution is -2.22. The Morgan fingerprint density at radius 3 is 2.04 bits per heavy atom. The molecule has 0 saturated carbocycles. The van der Waals surface area contributed by atoms with Gasteiger partial charge in [-0.15, -0.1) is 0 Å². The molecule has 0 spiro atoms. The molecule has 2 aromatic carbocycles. The molecule has 2 rings (SSSR count). The second-order valence-electron chi connectivity index (χ2n) is 4.81. The Hall–Kier alpha value is -2.42. The van der Waals surface area contributed by atoms with Crippen molar-refractivity contribution in [1.29, 1.82) is 0 Å². The monoisotopic (exact) mass is 382 g/mol. The number of rotatable bonds is 2. The maximum Gasteiger partial charge on any atom is 0.418 e. The molecule has 0 aromatic heterocycles. The van der Waals surface area contributed by atoms with Crippen LogP contribution < -0.4 is 10.6 Å². The zero-order chi connectivity index (χ0) is 18.8. The summed E-state index contributed by atoms with van der Waals surface area (Å²) < 4.78 is 76.6. The first-order valence-corrected chi connectivity index (χ1v) is 6.97. The van der Waals surface area contributed by atoms with Crippen LogP contribution in [0.2, 0.25) is 5.02 Å². The van der Waals surface area contributed by atoms with Crippen LogP contribution in [-0.4, -0.2) is 6.03 Å². The Bertz CT molecular complexity index is 788. The summed E-state index contributed by atoms with van der Waals surface area (Å²) in [4.78, 5) is 11.8. The highest BCUT2D eigenvalue weighted by molar-refractivity contribution is 6.33. The third-order valence-electron chi connectivity index (χ3n) is 3.02. The Labute approximate surface area is 142 Å². The average Bonchev–Trinajstić information content (AvgIpc) is 2.47. The van der Waals surface area contributed by atoms with Crippen LogP contribution in [0.25, 0.3) is 0 Å². The van der Waals surface area contributed by atoms with Crippen molar-refractivity contribution in [3.05, 3.63) is 58.6 Å². The van der Waals surface area contributed by atoms with Gasteiger partial charge < -0.3 is 10.6 Å². The van der Waals surface area contributed by atoms with Crippen LogP contribution in [0, 0.1) is 0 Å². The van der Waals surface area contributed by atoms with Gasteiger partial charge in [-0.1, -0.05) is 23.7 Å². The first kappa shape index (κ1) is 18.9. The Morgan fingerprint density at radius 1 is 0.840 bits per heavy atom. The fourth-order valence-electron chi connectivity index (χ4n) is 1.91. The van der Waals surface area contributed by atoms with Crippen molar-refractivity contribution in [2.45, 2.75) is 12.4 Å². The third kappa shape index (κ3) is 4.79. The molecule has 0 bridgehead atoms. The summed E-state index contributed by atoms with van der Waals surface area (Å²) in [7, 11) is 0. The molecule has 134 valence electrons. The number of alkyl halides is 6. The minimum Gasteiger partial charge on any atom is -0.307 e. The Morgan fingerprint density at radius 2 is 1.44 bits per heavy atom. The molecule has 25 heavy (non-hydrogen) atoms. The normalized spacial score (nSPS) is 12.0. The number of urea groups is 1. The van der Waals surface area contributed by atoms with E-state index in [1.165, 1.54) is 6.07 Å². The summed E-state index contributed by atoms with van der Waals surface area (Å²) in [5.74, 6) is 0. The lowest BCUT2D eigenvalue weighted by Gasteiger charge is -2.15. The Kier molecular flexibility index (Phi) is 5.17. The van der Waals surface area contributed by atoms with Gasteiger partial charge in [-0.3, -0.25) is 0 Å². The van der Waals surface area contributed by atoms with E-state index in [4.69, 9.17) is 11.6 Å². The van der Waals surface area contributed by atoms with Gasteiger partial charge in [0.15, 0.2) is 0 Å². The molecule has 0 heterocycles. The molecule has 0 aliphatic heterocycles. The molecule has 3 nitrogen and oxygen atoms in total. The molecular formula is C15H9ClF6N2O. The first-order valence-electron chi connectivity index (χ1n) is 6.59. The van der Waals surface area contributed by atoms with Crippen LogP contribution in [0.15, 0.2) is 42.5 Å². The van der Waals surface area contributed by atoms with Gasteiger partial charge in [0, 0.05) is 0 Å². The van der Waals surface area contributed by atoms with Crippen LogP contribution in [0.1, 0.15) is 11.1 Å². The van der Waals surface area contributed by atoms with E-state index in [9.17, 15) is 31.1 Å². The largest absolute Gasteiger partial charge is 0.418 e. The second-order valence-corrected chi connectivity index (χ2v) is 5.22. The number of para-hydroxylation sites is 1. The number of anilines is 2. The molecule has 0 aliphatic rings. The van der Waals surface area contributed by atoms with Gasteiger partial charge >= 0.3 is 18.4 Å². The van der Waals surface area contributed by atoms with E-state index in [0.29, 0.717) is 12.1 Å². The van der Waals surface area contributed by atoms with Gasteiger partial charge in [0.2, 0.25) is 0 Å². The molecule has 2 aromatic rings. The summed E-state index contributed by atoms with van der Waals surface area (Å²) in [5.41, 5.74) is -3.10. The number of hydrogen-bond acceptors (Lipinski definition) is 1. The highest BCUT2D eigenvalue weighted by Crippen LogP contribution is 2.35. The number of nitrogens with one attached hydrogen (secondary N) is 2. The van der Waals surface area contributed by atoms with Crippen molar-refractivity contribution in [3.8, 4) is 0 Å². The van der Waals surface area contributed by atoms with E-state index in [1.807, 2.05) is 10.6 Å². The molecular weight excluding hydrogens is 374 g/mol. The maximum absolute atomic E-state index is 12.9. The van der Waals surface area contributed by atoms with Crippen LogP contribution in [0.3, 0.4) is 0 Å². The van der Waals surface area contributed by atoms with E-state index in [2.05, 4.69) is 0 Å². The minimum absolute atomic E-state index is 0.202. The van der Waals surface area contributed by atoms with Crippen molar-refractivity contribution >= 4 is 29.0 Å². The number of carbonyl (C=O) groups is 1. The third-order valence-corrected chi connectivity index (χ3v) is 3.35. The summed E-state index contributed by atoms with van der Waals surface area (Å²) in [6.07, 6.45) is -9.38. The van der Waals surface area contributed by atoms with Crippen molar-refractivity contribution in [3.63, 3.8) is 0 Å². The van der Waals surface area contributed by atoms with E-state index >= 15 is 0 Å². The lowest BCUT2D eigenvalue weighted by atomic mass is 10.1. The summed E-state index contributed by atoms with van der Waals surface area (Å²) >= 11 is 5.71. The zero-order valence-electron chi connectivity index (χ0n) is 12.1. The van der Waals surface area contributed by atoms with Crippen molar-refractivity contribution in [2.75, 3.05) is 10.6 Å². The lowest BCUT2D eigenvalue weighted by molar-refractivity contribution is -0.138. The number of benzene rings is 2. The molecule has 0 aliphatic carbocycles. The van der Waals surface area contributed by atoms with Gasteiger partial charge in [0.1, 0.15) is 0 Å². The average molecular weight is 383 g/mol. The van der Waals surface area contributed by atoms with Crippen LogP contribution in [-0.2, 0) is 12.4 Å². The quantitative estimate of drug-likeness (QED) is 0.612. The van der Waals surface area contributed by atoms with Gasteiger partial charge in [0.05, 0.1) is 27.5 Å². The predicted octanol–water partition coefficient (Wildman–Crippen LogP) is 6.02. The fourth-order valence-corrected chi connectivity index (χ4v) is 2.08. The van der Waals surface area contributed by atoms with E-state index < -0.39 is 40.9 Å². The van der Waals surface area contributed by atoms with E-state index in [-0.39, 0.29) is 5.02 Å². The van der Waals surface area contributed by atoms with E-state index in [1.54, 1.807) is 0 Å². The predicted molar refractivity (Wildman–Crippen MR) is 80.5 cm³/mol. The van der Waals surface area contributed by atoms with Crippen molar-refractivity contribution < 1.29 is 31.1 Å². The topological polar surface area (TPSA) is 41.1 Å². The SMILES string of the molecule is O=C(Nc1cc(C(F)(F)F)ccc1Cl)Nc1ccccc1C(F)(F)F. The molecule has 0 unspecified atom stereocenters. The number of amides is 2. The highest BCUT2D eigenvalue weighted by atomic mass is 35.5. The van der Waals surface area contributed by atoms with Crippen LogP contribution in [0.4, 0.5) is 42.5 Å². The fraction of sp³-hybridized carbons (Fsp3) is 0.133. The zero-order valence-corrected chi connectivity index (χ0v) is 12.9. The van der Waals surface area contributed by atoms with Gasteiger partial charge in [-0.25, -0.2) is 4.79 Å². The molecule has 10 heteroatoms. The number of carbonyl (C=O) groups excluding carboxylic acids is 1. The summed E-state index contributed by atoms with van der Waals surface area (Å²) in [5, 5.41) is 3.74. The molecule has 2 amide bonds. The summed E-state index contributed by atoms with van der Waals surface area (Å²) in [6.45, 7) is 0. The standard InChI is InChI=1S/C15H9ClF6N2O/c16-10-6-5-8(14(17,18)19)7-12(10)24-13(25)23-11-4-2-1-3-9(11)15(20,21)22/h1-7H,(H2,23,24,25). The molecule has 0 saturated heterocycles. The van der Waals surface area contributed by atoms with Gasteiger partial charge in [0.25, 0.3) is 0 Å². The second kappa shape index (κ2) is 6.83. The molecule has 0 fully saturated rings. The molecule has 2 N–H and O–H groups in total. The van der Waals surface area contributed by atoms with Crippen LogP contribution >= 0.6 is 11.6 Å². The van der Waals surface area contributed by atoms with E-state index in [0.717, 1.165) is 24.3 Å². The molecule has 0 atom stereocenters. The molecule has 0 radical (unpaired) electrons.